The van der Waals surface area contributed by atoms with Gasteiger partial charge in [-0.15, -0.1) is 0 Å². The molecule has 2 aliphatic rings. The Bertz CT molecular complexity index is 1140. The lowest BCUT2D eigenvalue weighted by Gasteiger charge is -2.31. The summed E-state index contributed by atoms with van der Waals surface area (Å²) in [6, 6.07) is 11.4. The highest BCUT2D eigenvalue weighted by Gasteiger charge is 2.34. The van der Waals surface area contributed by atoms with Gasteiger partial charge in [0.15, 0.2) is 0 Å². The Morgan fingerprint density at radius 1 is 1.23 bits per heavy atom. The number of rotatable bonds is 4. The van der Waals surface area contributed by atoms with Crippen LogP contribution in [0.5, 0.6) is 5.75 Å². The summed E-state index contributed by atoms with van der Waals surface area (Å²) in [5, 5.41) is 2.60. The van der Waals surface area contributed by atoms with E-state index < -0.39 is 23.8 Å². The fraction of sp³-hybridized carbons (Fsp3) is 0.130. The number of carbonyl (C=O) groups is 2. The van der Waals surface area contributed by atoms with Crippen molar-refractivity contribution in [2.45, 2.75) is 6.54 Å². The van der Waals surface area contributed by atoms with Crippen LogP contribution in [0.2, 0.25) is 0 Å². The maximum absolute atomic E-state index is 13.1. The molecule has 156 valence electrons. The molecule has 4 amide bonds. The number of allylic oxidation sites excluding steroid dienone is 3. The number of nitrogens with one attached hydrogen (secondary N) is 1. The van der Waals surface area contributed by atoms with Crippen molar-refractivity contribution in [1.82, 2.24) is 4.90 Å². The van der Waals surface area contributed by atoms with Crippen LogP contribution in [0.3, 0.4) is 0 Å². The largest absolute Gasteiger partial charge is 0.497 e. The highest BCUT2D eigenvalue weighted by atomic mass is 19.1. The highest BCUT2D eigenvalue weighted by molar-refractivity contribution is 6.24. The van der Waals surface area contributed by atoms with Gasteiger partial charge in [0.25, 0.3) is 0 Å². The minimum absolute atomic E-state index is 0.170. The third-order valence-electron chi connectivity index (χ3n) is 4.80. The number of anilines is 1. The molecule has 4 rings (SSSR count). The van der Waals surface area contributed by atoms with E-state index in [0.717, 1.165) is 5.56 Å². The fourth-order valence-electron chi connectivity index (χ4n) is 3.31. The molecule has 0 radical (unpaired) electrons. The standard InChI is InChI=1S/C23H19FN4O3/c1-31-18-6-4-5-15(13-18)14-28-21(19-7-2-3-8-20(19)26-23(28)30)27-22(29)25-17-11-9-16(24)10-12-17/h2-13,19H,14H2,1H3,(H,25,29)/b27-21-. The molecule has 1 heterocycles. The summed E-state index contributed by atoms with van der Waals surface area (Å²) in [5.74, 6) is 0.0659. The van der Waals surface area contributed by atoms with E-state index in [4.69, 9.17) is 4.74 Å². The van der Waals surface area contributed by atoms with Crippen molar-refractivity contribution < 1.29 is 18.7 Å². The van der Waals surface area contributed by atoms with Crippen molar-refractivity contribution in [3.8, 4) is 5.75 Å². The fourth-order valence-corrected chi connectivity index (χ4v) is 3.31. The van der Waals surface area contributed by atoms with Crippen molar-refractivity contribution in [2.24, 2.45) is 15.9 Å². The number of benzene rings is 2. The predicted molar refractivity (Wildman–Crippen MR) is 116 cm³/mol. The minimum atomic E-state index is -0.672. The second-order valence-corrected chi connectivity index (χ2v) is 6.89. The lowest BCUT2D eigenvalue weighted by Crippen LogP contribution is -2.46. The quantitative estimate of drug-likeness (QED) is 0.789. The highest BCUT2D eigenvalue weighted by Crippen LogP contribution is 2.24. The van der Waals surface area contributed by atoms with Crippen LogP contribution in [-0.4, -0.2) is 35.6 Å². The molecular weight excluding hydrogens is 399 g/mol. The maximum atomic E-state index is 13.1. The maximum Gasteiger partial charge on any atom is 0.349 e. The molecule has 1 unspecified atom stereocenters. The van der Waals surface area contributed by atoms with Gasteiger partial charge in [0, 0.05) is 5.69 Å². The first-order valence-electron chi connectivity index (χ1n) is 9.56. The summed E-state index contributed by atoms with van der Waals surface area (Å²) in [5.41, 5.74) is 1.71. The minimum Gasteiger partial charge on any atom is -0.497 e. The number of hydrogen-bond donors (Lipinski definition) is 1. The molecule has 1 N–H and O–H groups in total. The van der Waals surface area contributed by atoms with Gasteiger partial charge < -0.3 is 10.1 Å². The zero-order chi connectivity index (χ0) is 21.8. The number of amides is 4. The summed E-state index contributed by atoms with van der Waals surface area (Å²) in [4.78, 5) is 35.1. The predicted octanol–water partition coefficient (Wildman–Crippen LogP) is 4.58. The van der Waals surface area contributed by atoms with Crippen molar-refractivity contribution >= 4 is 29.3 Å². The summed E-state index contributed by atoms with van der Waals surface area (Å²) < 4.78 is 18.4. The normalized spacial score (nSPS) is 18.6. The molecule has 0 saturated carbocycles. The Labute approximate surface area is 178 Å². The molecule has 1 atom stereocenters. The first-order valence-corrected chi connectivity index (χ1v) is 9.56. The second-order valence-electron chi connectivity index (χ2n) is 6.89. The number of methoxy groups -OCH3 is 1. The molecule has 31 heavy (non-hydrogen) atoms. The number of aliphatic imine (C=N–C) groups is 2. The van der Waals surface area contributed by atoms with E-state index in [9.17, 15) is 14.0 Å². The van der Waals surface area contributed by atoms with Crippen LogP contribution in [0.4, 0.5) is 19.7 Å². The van der Waals surface area contributed by atoms with Gasteiger partial charge in [0.2, 0.25) is 0 Å². The van der Waals surface area contributed by atoms with Gasteiger partial charge in [-0.3, -0.25) is 4.90 Å². The van der Waals surface area contributed by atoms with E-state index in [1.54, 1.807) is 31.4 Å². The van der Waals surface area contributed by atoms with Crippen molar-refractivity contribution in [1.29, 1.82) is 0 Å². The second kappa shape index (κ2) is 8.74. The van der Waals surface area contributed by atoms with Crippen LogP contribution in [-0.2, 0) is 6.54 Å². The number of fused-ring (bicyclic) bond motifs is 1. The molecule has 0 fully saturated rings. The van der Waals surface area contributed by atoms with E-state index in [-0.39, 0.29) is 12.4 Å². The summed E-state index contributed by atoms with van der Waals surface area (Å²) in [7, 11) is 1.56. The number of hydrogen-bond acceptors (Lipinski definition) is 3. The van der Waals surface area contributed by atoms with Gasteiger partial charge in [0.05, 0.1) is 25.3 Å². The van der Waals surface area contributed by atoms with Crippen molar-refractivity contribution in [3.05, 3.63) is 84.2 Å². The number of urea groups is 2. The molecular formula is C23H19FN4O3. The number of carbonyl (C=O) groups excluding carboxylic acids is 2. The molecule has 0 bridgehead atoms. The molecule has 0 saturated heterocycles. The molecule has 0 aromatic heterocycles. The average molecular weight is 418 g/mol. The van der Waals surface area contributed by atoms with E-state index in [2.05, 4.69) is 15.3 Å². The van der Waals surface area contributed by atoms with Crippen LogP contribution in [0.15, 0.2) is 82.8 Å². The van der Waals surface area contributed by atoms with Crippen molar-refractivity contribution in [2.75, 3.05) is 12.4 Å². The first kappa shape index (κ1) is 20.2. The van der Waals surface area contributed by atoms with Crippen LogP contribution in [0, 0.1) is 11.7 Å². The Hall–Kier alpha value is -4.07. The van der Waals surface area contributed by atoms with Crippen molar-refractivity contribution in [3.63, 3.8) is 0 Å². The lowest BCUT2D eigenvalue weighted by atomic mass is 9.94. The Balaban J connectivity index is 1.66. The smallest absolute Gasteiger partial charge is 0.349 e. The van der Waals surface area contributed by atoms with Crippen LogP contribution >= 0.6 is 0 Å². The lowest BCUT2D eigenvalue weighted by molar-refractivity contribution is 0.226. The number of amidine groups is 1. The van der Waals surface area contributed by atoms with E-state index in [0.29, 0.717) is 17.1 Å². The summed E-state index contributed by atoms with van der Waals surface area (Å²) in [6.07, 6.45) is 7.14. The van der Waals surface area contributed by atoms with Crippen LogP contribution in [0.1, 0.15) is 5.56 Å². The van der Waals surface area contributed by atoms with Gasteiger partial charge in [0.1, 0.15) is 17.4 Å². The molecule has 2 aromatic carbocycles. The van der Waals surface area contributed by atoms with Gasteiger partial charge in [-0.1, -0.05) is 30.4 Å². The zero-order valence-electron chi connectivity index (χ0n) is 16.7. The number of ether oxygens (including phenoxy) is 1. The molecule has 2 aromatic rings. The summed E-state index contributed by atoms with van der Waals surface area (Å²) >= 11 is 0. The van der Waals surface area contributed by atoms with Gasteiger partial charge in [-0.2, -0.15) is 9.98 Å². The molecule has 1 aliphatic carbocycles. The topological polar surface area (TPSA) is 83.4 Å². The molecule has 7 nitrogen and oxygen atoms in total. The first-order chi connectivity index (χ1) is 15.0. The monoisotopic (exact) mass is 418 g/mol. The van der Waals surface area contributed by atoms with Crippen LogP contribution in [0.25, 0.3) is 0 Å². The SMILES string of the molecule is COc1cccc(CN2C(=O)N=C3C=CC=CC3/C2=N/C(=O)Nc2ccc(F)cc2)c1. The average Bonchev–Trinajstić information content (AvgIpc) is 2.78. The number of nitrogens with zero attached hydrogens (tertiary/aromatic N) is 3. The molecule has 0 spiro atoms. The van der Waals surface area contributed by atoms with Crippen LogP contribution < -0.4 is 10.1 Å². The molecule has 1 aliphatic heterocycles. The molecule has 8 heteroatoms. The Kier molecular flexibility index (Phi) is 5.70. The third kappa shape index (κ3) is 4.58. The van der Waals surface area contributed by atoms with Gasteiger partial charge >= 0.3 is 12.1 Å². The van der Waals surface area contributed by atoms with Gasteiger partial charge in [-0.05, 0) is 48.0 Å². The number of halogens is 1. The van der Waals surface area contributed by atoms with Gasteiger partial charge in [-0.25, -0.2) is 14.0 Å². The van der Waals surface area contributed by atoms with E-state index >= 15 is 0 Å². The van der Waals surface area contributed by atoms with E-state index in [1.165, 1.54) is 29.2 Å². The summed E-state index contributed by atoms with van der Waals surface area (Å²) in [6.45, 7) is 0.170. The Morgan fingerprint density at radius 2 is 2.03 bits per heavy atom. The Morgan fingerprint density at radius 3 is 2.81 bits per heavy atom. The van der Waals surface area contributed by atoms with E-state index in [1.807, 2.05) is 24.3 Å². The third-order valence-corrected chi connectivity index (χ3v) is 4.80. The zero-order valence-corrected chi connectivity index (χ0v) is 16.7.